The highest BCUT2D eigenvalue weighted by Gasteiger charge is 2.30. The van der Waals surface area contributed by atoms with Gasteiger partial charge in [0.15, 0.2) is 0 Å². The molecule has 0 unspecified atom stereocenters. The number of pyridine rings is 2. The number of aliphatic hydroxyl groups is 1. The number of nitrogens with zero attached hydrogens (tertiary/aromatic N) is 3. The van der Waals surface area contributed by atoms with Crippen LogP contribution in [0.15, 0.2) is 55.0 Å². The molecule has 0 amide bonds. The molecule has 0 spiro atoms. The summed E-state index contributed by atoms with van der Waals surface area (Å²) in [5.41, 5.74) is 2.96. The van der Waals surface area contributed by atoms with Gasteiger partial charge >= 0.3 is 5.97 Å². The molecule has 1 aliphatic rings. The summed E-state index contributed by atoms with van der Waals surface area (Å²) in [6.07, 6.45) is 10.4. The number of aromatic nitrogens is 2. The number of benzene rings is 1. The molecule has 4 rings (SSSR count). The molecular formula is C29H37N3O4. The van der Waals surface area contributed by atoms with Crippen LogP contribution in [-0.2, 0) is 11.2 Å². The summed E-state index contributed by atoms with van der Waals surface area (Å²) in [6.45, 7) is 2.96. The minimum atomic E-state index is -0.736. The van der Waals surface area contributed by atoms with E-state index in [1.807, 2.05) is 36.5 Å². The van der Waals surface area contributed by atoms with Crippen molar-refractivity contribution < 1.29 is 19.7 Å². The third kappa shape index (κ3) is 7.02. The smallest absolute Gasteiger partial charge is 0.303 e. The molecule has 7 nitrogen and oxygen atoms in total. The summed E-state index contributed by atoms with van der Waals surface area (Å²) in [5, 5.41) is 21.3. The number of aliphatic hydroxyl groups excluding tert-OH is 1. The molecule has 0 radical (unpaired) electrons. The van der Waals surface area contributed by atoms with Crippen molar-refractivity contribution in [3.8, 4) is 5.75 Å². The van der Waals surface area contributed by atoms with Crippen LogP contribution in [0.2, 0.25) is 0 Å². The van der Waals surface area contributed by atoms with E-state index < -0.39 is 12.1 Å². The van der Waals surface area contributed by atoms with Crippen molar-refractivity contribution in [3.63, 3.8) is 0 Å². The van der Waals surface area contributed by atoms with Crippen molar-refractivity contribution in [3.05, 3.63) is 66.1 Å². The van der Waals surface area contributed by atoms with Gasteiger partial charge < -0.3 is 19.8 Å². The Hall–Kier alpha value is -3.03. The van der Waals surface area contributed by atoms with E-state index in [1.165, 1.54) is 5.56 Å². The Bertz CT molecular complexity index is 1120. The van der Waals surface area contributed by atoms with E-state index in [-0.39, 0.29) is 6.42 Å². The van der Waals surface area contributed by atoms with Crippen LogP contribution in [0.3, 0.4) is 0 Å². The highest BCUT2D eigenvalue weighted by Crippen LogP contribution is 2.35. The van der Waals surface area contributed by atoms with Crippen LogP contribution in [0.4, 0.5) is 0 Å². The minimum Gasteiger partial charge on any atom is -0.497 e. The molecule has 3 aromatic rings. The first-order valence-corrected chi connectivity index (χ1v) is 13.0. The maximum absolute atomic E-state index is 11.3. The van der Waals surface area contributed by atoms with E-state index in [9.17, 15) is 15.0 Å². The third-order valence-electron chi connectivity index (χ3n) is 7.52. The van der Waals surface area contributed by atoms with Gasteiger partial charge in [-0.1, -0.05) is 6.07 Å². The Balaban J connectivity index is 1.35. The van der Waals surface area contributed by atoms with Crippen LogP contribution in [-0.4, -0.2) is 57.8 Å². The number of carboxylic acid groups (broad SMARTS) is 1. The van der Waals surface area contributed by atoms with Gasteiger partial charge in [-0.25, -0.2) is 0 Å². The number of hydrogen-bond acceptors (Lipinski definition) is 6. The molecule has 1 aliphatic heterocycles. The van der Waals surface area contributed by atoms with E-state index in [1.54, 1.807) is 19.5 Å². The molecule has 1 saturated heterocycles. The van der Waals surface area contributed by atoms with Gasteiger partial charge in [0.2, 0.25) is 0 Å². The summed E-state index contributed by atoms with van der Waals surface area (Å²) in [6, 6.07) is 11.7. The second-order valence-electron chi connectivity index (χ2n) is 9.88. The van der Waals surface area contributed by atoms with Gasteiger partial charge in [-0.05, 0) is 105 Å². The second-order valence-corrected chi connectivity index (χ2v) is 9.88. The average Bonchev–Trinajstić information content (AvgIpc) is 2.91. The van der Waals surface area contributed by atoms with Gasteiger partial charge in [0.1, 0.15) is 5.75 Å². The Morgan fingerprint density at radius 3 is 2.86 bits per heavy atom. The second kappa shape index (κ2) is 12.8. The van der Waals surface area contributed by atoms with Crippen molar-refractivity contribution in [2.24, 2.45) is 11.8 Å². The summed E-state index contributed by atoms with van der Waals surface area (Å²) >= 11 is 0. The number of piperidine rings is 1. The van der Waals surface area contributed by atoms with Crippen LogP contribution in [0.25, 0.3) is 10.9 Å². The van der Waals surface area contributed by atoms with Gasteiger partial charge in [0.05, 0.1) is 18.7 Å². The van der Waals surface area contributed by atoms with E-state index in [4.69, 9.17) is 4.74 Å². The first-order chi connectivity index (χ1) is 17.5. The number of rotatable bonds is 12. The number of methoxy groups -OCH3 is 1. The normalized spacial score (nSPS) is 19.3. The Morgan fingerprint density at radius 2 is 2.08 bits per heavy atom. The maximum Gasteiger partial charge on any atom is 0.303 e. The molecule has 3 heterocycles. The molecule has 1 fully saturated rings. The van der Waals surface area contributed by atoms with Gasteiger partial charge in [0, 0.05) is 36.9 Å². The zero-order valence-electron chi connectivity index (χ0n) is 21.1. The predicted octanol–water partition coefficient (Wildman–Crippen LogP) is 4.89. The quantitative estimate of drug-likeness (QED) is 0.372. The average molecular weight is 492 g/mol. The van der Waals surface area contributed by atoms with Gasteiger partial charge in [-0.15, -0.1) is 0 Å². The number of likely N-dealkylation sites (tertiary alicyclic amines) is 1. The third-order valence-corrected chi connectivity index (χ3v) is 7.52. The highest BCUT2D eigenvalue weighted by molar-refractivity contribution is 5.83. The molecule has 3 atom stereocenters. The molecule has 192 valence electrons. The number of aliphatic carboxylic acids is 1. The number of fused-ring (bicyclic) bond motifs is 1. The van der Waals surface area contributed by atoms with E-state index in [0.717, 1.165) is 67.5 Å². The van der Waals surface area contributed by atoms with Crippen molar-refractivity contribution in [2.75, 3.05) is 26.7 Å². The summed E-state index contributed by atoms with van der Waals surface area (Å²) in [7, 11) is 1.64. The van der Waals surface area contributed by atoms with Crippen LogP contribution in [0.1, 0.15) is 55.8 Å². The minimum absolute atomic E-state index is 0.196. The number of carbonyl (C=O) groups is 1. The van der Waals surface area contributed by atoms with Gasteiger partial charge in [-0.3, -0.25) is 14.8 Å². The Kier molecular flexibility index (Phi) is 9.25. The standard InChI is InChI=1S/C29H37N3O4/c1-36-24-8-9-27-26(18-24)25(12-15-31-27)28(33)10-6-22-13-17-32(20-23(22)7-11-29(34)35)16-3-5-21-4-2-14-30-19-21/h2,4,8-9,12,14-15,18-19,22-23,28,33H,3,5-7,10-11,13,16-17,20H2,1H3,(H,34,35)/t22-,23-,28-/m1/s1. The van der Waals surface area contributed by atoms with Crippen molar-refractivity contribution >= 4 is 16.9 Å². The van der Waals surface area contributed by atoms with Crippen molar-refractivity contribution in [1.29, 1.82) is 0 Å². The first kappa shape index (κ1) is 26.0. The molecule has 0 aliphatic carbocycles. The monoisotopic (exact) mass is 491 g/mol. The van der Waals surface area contributed by atoms with Crippen LogP contribution >= 0.6 is 0 Å². The van der Waals surface area contributed by atoms with Crippen LogP contribution in [0.5, 0.6) is 5.75 Å². The SMILES string of the molecule is COc1ccc2nccc([C@H](O)CC[C@@H]3CCN(CCCc4cccnc4)C[C@H]3CCC(=O)O)c2c1. The number of carboxylic acids is 1. The largest absolute Gasteiger partial charge is 0.497 e. The lowest BCUT2D eigenvalue weighted by atomic mass is 9.79. The predicted molar refractivity (Wildman–Crippen MR) is 140 cm³/mol. The number of aryl methyl sites for hydroxylation is 1. The fourth-order valence-electron chi connectivity index (χ4n) is 5.52. The topological polar surface area (TPSA) is 95.8 Å². The Labute approximate surface area is 213 Å². The lowest BCUT2D eigenvalue weighted by molar-refractivity contribution is -0.137. The van der Waals surface area contributed by atoms with Crippen LogP contribution < -0.4 is 4.74 Å². The highest BCUT2D eigenvalue weighted by atomic mass is 16.5. The molecule has 0 bridgehead atoms. The van der Waals surface area contributed by atoms with Gasteiger partial charge in [0.25, 0.3) is 0 Å². The maximum atomic E-state index is 11.3. The van der Waals surface area contributed by atoms with Crippen molar-refractivity contribution in [2.45, 2.75) is 51.0 Å². The van der Waals surface area contributed by atoms with Crippen LogP contribution in [0, 0.1) is 11.8 Å². The molecule has 2 N–H and O–H groups in total. The van der Waals surface area contributed by atoms with Gasteiger partial charge in [-0.2, -0.15) is 0 Å². The fraction of sp³-hybridized carbons (Fsp3) is 0.483. The lowest BCUT2D eigenvalue weighted by Crippen LogP contribution is -2.41. The summed E-state index contributed by atoms with van der Waals surface area (Å²) in [4.78, 5) is 22.4. The lowest BCUT2D eigenvalue weighted by Gasteiger charge is -2.39. The summed E-state index contributed by atoms with van der Waals surface area (Å²) < 4.78 is 5.37. The molecule has 7 heteroatoms. The zero-order valence-corrected chi connectivity index (χ0v) is 21.1. The van der Waals surface area contributed by atoms with E-state index in [0.29, 0.717) is 24.7 Å². The number of hydrogen-bond donors (Lipinski definition) is 2. The molecule has 1 aromatic carbocycles. The Morgan fingerprint density at radius 1 is 1.19 bits per heavy atom. The molecule has 2 aromatic heterocycles. The zero-order chi connectivity index (χ0) is 25.3. The van der Waals surface area contributed by atoms with E-state index >= 15 is 0 Å². The van der Waals surface area contributed by atoms with E-state index in [2.05, 4.69) is 20.9 Å². The molecular weight excluding hydrogens is 454 g/mol. The van der Waals surface area contributed by atoms with Crippen molar-refractivity contribution in [1.82, 2.24) is 14.9 Å². The molecule has 36 heavy (non-hydrogen) atoms. The summed E-state index contributed by atoms with van der Waals surface area (Å²) in [5.74, 6) is 0.749. The first-order valence-electron chi connectivity index (χ1n) is 13.0. The fourth-order valence-corrected chi connectivity index (χ4v) is 5.52. The number of ether oxygens (including phenoxy) is 1. The molecule has 0 saturated carbocycles.